The molecule has 0 radical (unpaired) electrons. The van der Waals surface area contributed by atoms with Crippen LogP contribution in [0.5, 0.6) is 0 Å². The Morgan fingerprint density at radius 1 is 1.33 bits per heavy atom. The van der Waals surface area contributed by atoms with Crippen LogP contribution in [0.25, 0.3) is 0 Å². The third-order valence-corrected chi connectivity index (χ3v) is 2.63. The van der Waals surface area contributed by atoms with Gasteiger partial charge in [0.25, 0.3) is 0 Å². The van der Waals surface area contributed by atoms with Gasteiger partial charge in [0.2, 0.25) is 0 Å². The van der Waals surface area contributed by atoms with Gasteiger partial charge in [-0.15, -0.1) is 0 Å². The number of hydrogen-bond donors (Lipinski definition) is 2. The summed E-state index contributed by atoms with van der Waals surface area (Å²) in [6.45, 7) is 8.62. The highest BCUT2D eigenvalue weighted by Gasteiger charge is 2.06. The van der Waals surface area contributed by atoms with E-state index in [1.165, 1.54) is 25.0 Å². The summed E-state index contributed by atoms with van der Waals surface area (Å²) in [6.07, 6.45) is 8.27. The highest BCUT2D eigenvalue weighted by Crippen LogP contribution is 2.15. The molecule has 2 heteroatoms. The average molecular weight is 212 g/mol. The van der Waals surface area contributed by atoms with Crippen molar-refractivity contribution < 1.29 is 0 Å². The summed E-state index contributed by atoms with van der Waals surface area (Å²) in [7, 11) is 0. The molecule has 0 saturated carbocycles. The standard InChI is InChI=1S/C13H28N2/c1-4-8-13(15-11-5-2)12(3)9-6-7-10-14/h8,12,15H,4-7,9-11,14H2,1-3H3/b13-8+. The zero-order valence-electron chi connectivity index (χ0n) is 10.7. The van der Waals surface area contributed by atoms with Crippen molar-refractivity contribution in [3.05, 3.63) is 11.8 Å². The molecule has 0 aliphatic rings. The third-order valence-electron chi connectivity index (χ3n) is 2.63. The van der Waals surface area contributed by atoms with Gasteiger partial charge >= 0.3 is 0 Å². The molecule has 0 spiro atoms. The maximum absolute atomic E-state index is 5.50. The van der Waals surface area contributed by atoms with Gasteiger partial charge in [0.15, 0.2) is 0 Å². The molecule has 2 nitrogen and oxygen atoms in total. The Bertz CT molecular complexity index is 164. The molecule has 0 aromatic carbocycles. The summed E-state index contributed by atoms with van der Waals surface area (Å²) >= 11 is 0. The van der Waals surface area contributed by atoms with E-state index in [-0.39, 0.29) is 0 Å². The van der Waals surface area contributed by atoms with Crippen molar-refractivity contribution in [2.45, 2.75) is 52.9 Å². The Morgan fingerprint density at radius 2 is 2.07 bits per heavy atom. The molecule has 0 fully saturated rings. The summed E-state index contributed by atoms with van der Waals surface area (Å²) in [6, 6.07) is 0. The van der Waals surface area contributed by atoms with Gasteiger partial charge in [0, 0.05) is 12.2 Å². The molecule has 15 heavy (non-hydrogen) atoms. The van der Waals surface area contributed by atoms with Crippen molar-refractivity contribution >= 4 is 0 Å². The molecule has 0 aliphatic carbocycles. The normalized spacial score (nSPS) is 14.0. The summed E-state index contributed by atoms with van der Waals surface area (Å²) < 4.78 is 0. The van der Waals surface area contributed by atoms with Crippen LogP contribution in [0.3, 0.4) is 0 Å². The second-order valence-corrected chi connectivity index (χ2v) is 4.18. The van der Waals surface area contributed by atoms with E-state index in [9.17, 15) is 0 Å². The van der Waals surface area contributed by atoms with Crippen LogP contribution in [0.2, 0.25) is 0 Å². The maximum atomic E-state index is 5.50. The lowest BCUT2D eigenvalue weighted by molar-refractivity contribution is 0.523. The van der Waals surface area contributed by atoms with Crippen molar-refractivity contribution in [3.8, 4) is 0 Å². The third kappa shape index (κ3) is 7.43. The molecule has 0 amide bonds. The van der Waals surface area contributed by atoms with E-state index in [0.29, 0.717) is 5.92 Å². The van der Waals surface area contributed by atoms with Gasteiger partial charge < -0.3 is 11.1 Å². The molecular formula is C13H28N2. The summed E-state index contributed by atoms with van der Waals surface area (Å²) in [4.78, 5) is 0. The molecule has 0 bridgehead atoms. The van der Waals surface area contributed by atoms with Crippen LogP contribution in [0.1, 0.15) is 52.9 Å². The van der Waals surface area contributed by atoms with Crippen LogP contribution in [-0.4, -0.2) is 13.1 Å². The van der Waals surface area contributed by atoms with Gasteiger partial charge in [0.1, 0.15) is 0 Å². The molecule has 90 valence electrons. The molecule has 0 rings (SSSR count). The lowest BCUT2D eigenvalue weighted by atomic mass is 9.99. The smallest absolute Gasteiger partial charge is 0.0141 e. The number of nitrogens with one attached hydrogen (secondary N) is 1. The van der Waals surface area contributed by atoms with Crippen LogP contribution in [0.4, 0.5) is 0 Å². The second kappa shape index (κ2) is 10.0. The van der Waals surface area contributed by atoms with Gasteiger partial charge in [-0.25, -0.2) is 0 Å². The number of rotatable bonds is 9. The van der Waals surface area contributed by atoms with E-state index in [1.807, 2.05) is 0 Å². The molecule has 0 heterocycles. The Balaban J connectivity index is 3.93. The number of allylic oxidation sites excluding steroid dienone is 2. The zero-order chi connectivity index (χ0) is 11.5. The molecule has 1 unspecified atom stereocenters. The maximum Gasteiger partial charge on any atom is 0.0141 e. The summed E-state index contributed by atoms with van der Waals surface area (Å²) in [5.41, 5.74) is 6.93. The van der Waals surface area contributed by atoms with E-state index >= 15 is 0 Å². The number of nitrogens with two attached hydrogens (primary N) is 1. The first-order chi connectivity index (χ1) is 7.26. The van der Waals surface area contributed by atoms with E-state index < -0.39 is 0 Å². The first-order valence-electron chi connectivity index (χ1n) is 6.40. The second-order valence-electron chi connectivity index (χ2n) is 4.18. The molecule has 0 saturated heterocycles. The fourth-order valence-corrected chi connectivity index (χ4v) is 1.69. The first kappa shape index (κ1) is 14.5. The lowest BCUT2D eigenvalue weighted by Crippen LogP contribution is -2.20. The molecule has 0 aliphatic heterocycles. The highest BCUT2D eigenvalue weighted by atomic mass is 14.9. The minimum Gasteiger partial charge on any atom is -0.388 e. The van der Waals surface area contributed by atoms with Gasteiger partial charge in [-0.3, -0.25) is 0 Å². The van der Waals surface area contributed by atoms with Gasteiger partial charge in [0.05, 0.1) is 0 Å². The van der Waals surface area contributed by atoms with Gasteiger partial charge in [-0.05, 0) is 38.1 Å². The van der Waals surface area contributed by atoms with Crippen LogP contribution < -0.4 is 11.1 Å². The van der Waals surface area contributed by atoms with Gasteiger partial charge in [-0.1, -0.05) is 33.3 Å². The van der Waals surface area contributed by atoms with E-state index in [0.717, 1.165) is 25.9 Å². The predicted molar refractivity (Wildman–Crippen MR) is 68.7 cm³/mol. The van der Waals surface area contributed by atoms with Crippen LogP contribution >= 0.6 is 0 Å². The predicted octanol–water partition coefficient (Wildman–Crippen LogP) is 3.05. The van der Waals surface area contributed by atoms with Crippen LogP contribution in [-0.2, 0) is 0 Å². The average Bonchev–Trinajstić information content (AvgIpc) is 2.24. The Morgan fingerprint density at radius 3 is 2.60 bits per heavy atom. The van der Waals surface area contributed by atoms with E-state index in [4.69, 9.17) is 5.73 Å². The fourth-order valence-electron chi connectivity index (χ4n) is 1.69. The minimum absolute atomic E-state index is 0.656. The number of unbranched alkanes of at least 4 members (excludes halogenated alkanes) is 1. The first-order valence-corrected chi connectivity index (χ1v) is 6.40. The highest BCUT2D eigenvalue weighted by molar-refractivity contribution is 5.03. The van der Waals surface area contributed by atoms with E-state index in [1.54, 1.807) is 0 Å². The van der Waals surface area contributed by atoms with Crippen molar-refractivity contribution in [2.75, 3.05) is 13.1 Å². The quantitative estimate of drug-likeness (QED) is 0.577. The summed E-state index contributed by atoms with van der Waals surface area (Å²) in [5.74, 6) is 0.656. The van der Waals surface area contributed by atoms with Crippen molar-refractivity contribution in [2.24, 2.45) is 11.7 Å². The van der Waals surface area contributed by atoms with Crippen LogP contribution in [0.15, 0.2) is 11.8 Å². The van der Waals surface area contributed by atoms with Gasteiger partial charge in [-0.2, -0.15) is 0 Å². The number of hydrogen-bond acceptors (Lipinski definition) is 2. The molecule has 3 N–H and O–H groups in total. The Hall–Kier alpha value is -0.500. The molecule has 1 atom stereocenters. The topological polar surface area (TPSA) is 38.0 Å². The van der Waals surface area contributed by atoms with Crippen LogP contribution in [0, 0.1) is 5.92 Å². The SMILES string of the molecule is CC/C=C(/NCCC)C(C)CCCCN. The van der Waals surface area contributed by atoms with Crippen molar-refractivity contribution in [3.63, 3.8) is 0 Å². The van der Waals surface area contributed by atoms with Crippen molar-refractivity contribution in [1.82, 2.24) is 5.32 Å². The van der Waals surface area contributed by atoms with Crippen molar-refractivity contribution in [1.29, 1.82) is 0 Å². The summed E-state index contributed by atoms with van der Waals surface area (Å²) in [5, 5.41) is 3.53. The molecular weight excluding hydrogens is 184 g/mol. The monoisotopic (exact) mass is 212 g/mol. The molecule has 0 aromatic heterocycles. The zero-order valence-corrected chi connectivity index (χ0v) is 10.7. The Kier molecular flexibility index (Phi) is 9.70. The molecule has 0 aromatic rings. The minimum atomic E-state index is 0.656. The largest absolute Gasteiger partial charge is 0.388 e. The fraction of sp³-hybridized carbons (Fsp3) is 0.846. The van der Waals surface area contributed by atoms with E-state index in [2.05, 4.69) is 32.2 Å². The lowest BCUT2D eigenvalue weighted by Gasteiger charge is -2.17. The Labute approximate surface area is 95.3 Å².